The molecule has 3 nitrogen and oxygen atoms in total. The first kappa shape index (κ1) is 10.1. The zero-order chi connectivity index (χ0) is 10.3. The summed E-state index contributed by atoms with van der Waals surface area (Å²) in [6.45, 7) is 3.57. The van der Waals surface area contributed by atoms with Gasteiger partial charge < -0.3 is 4.90 Å². The summed E-state index contributed by atoms with van der Waals surface area (Å²) < 4.78 is 0.951. The van der Waals surface area contributed by atoms with Crippen LogP contribution in [0.2, 0.25) is 0 Å². The summed E-state index contributed by atoms with van der Waals surface area (Å²) >= 11 is 2.85. The zero-order valence-electron chi connectivity index (χ0n) is 8.02. The van der Waals surface area contributed by atoms with Crippen LogP contribution in [0, 0.1) is 5.92 Å². The minimum atomic E-state index is 0.0757. The van der Waals surface area contributed by atoms with E-state index in [1.165, 1.54) is 11.8 Å². The molecule has 0 spiro atoms. The number of thioether (sulfide) groups is 2. The summed E-state index contributed by atoms with van der Waals surface area (Å²) in [5, 5.41) is 0.334. The molecule has 0 bridgehead atoms. The van der Waals surface area contributed by atoms with Gasteiger partial charge in [-0.2, -0.15) is 0 Å². The van der Waals surface area contributed by atoms with Crippen molar-refractivity contribution >= 4 is 34.5 Å². The Hall–Kier alpha value is -0.420. The highest BCUT2D eigenvalue weighted by Gasteiger charge is 2.49. The largest absolute Gasteiger partial charge is 0.303 e. The van der Waals surface area contributed by atoms with Crippen molar-refractivity contribution in [3.63, 3.8) is 0 Å². The maximum Gasteiger partial charge on any atom is 0.233 e. The van der Waals surface area contributed by atoms with Crippen molar-refractivity contribution in [1.29, 1.82) is 0 Å². The van der Waals surface area contributed by atoms with Crippen molar-refractivity contribution in [2.75, 3.05) is 0 Å². The third kappa shape index (κ3) is 1.48. The maximum absolute atomic E-state index is 11.5. The molecule has 1 saturated heterocycles. The lowest BCUT2D eigenvalue weighted by Crippen LogP contribution is -2.54. The summed E-state index contributed by atoms with van der Waals surface area (Å²) in [6.07, 6.45) is 2.69. The molecular weight excluding hydrogens is 218 g/mol. The highest BCUT2D eigenvalue weighted by atomic mass is 32.2. The molecule has 0 radical (unpaired) electrons. The van der Waals surface area contributed by atoms with Gasteiger partial charge in [0.25, 0.3) is 0 Å². The van der Waals surface area contributed by atoms with E-state index in [0.29, 0.717) is 0 Å². The van der Waals surface area contributed by atoms with Crippen LogP contribution in [0.4, 0.5) is 0 Å². The summed E-state index contributed by atoms with van der Waals surface area (Å²) in [5.74, 6) is 0.352. The summed E-state index contributed by atoms with van der Waals surface area (Å²) in [7, 11) is 0. The van der Waals surface area contributed by atoms with E-state index in [1.54, 1.807) is 29.8 Å². The van der Waals surface area contributed by atoms with Crippen LogP contribution >= 0.6 is 23.5 Å². The van der Waals surface area contributed by atoms with Crippen molar-refractivity contribution in [3.05, 3.63) is 10.4 Å². The molecule has 2 heterocycles. The smallest absolute Gasteiger partial charge is 0.233 e. The second-order valence-electron chi connectivity index (χ2n) is 3.31. The molecule has 1 amide bonds. The van der Waals surface area contributed by atoms with Gasteiger partial charge in [0.1, 0.15) is 0 Å². The summed E-state index contributed by atoms with van der Waals surface area (Å²) in [5.41, 5.74) is 0. The van der Waals surface area contributed by atoms with Gasteiger partial charge >= 0.3 is 0 Å². The molecule has 2 aliphatic rings. The van der Waals surface area contributed by atoms with Crippen LogP contribution in [0.5, 0.6) is 0 Å². The number of fused-ring (bicyclic) bond motifs is 1. The zero-order valence-corrected chi connectivity index (χ0v) is 9.65. The quantitative estimate of drug-likeness (QED) is 0.679. The molecule has 0 saturated carbocycles. The number of rotatable bonds is 2. The molecule has 2 atom stereocenters. The van der Waals surface area contributed by atoms with Crippen LogP contribution < -0.4 is 0 Å². The molecule has 14 heavy (non-hydrogen) atoms. The summed E-state index contributed by atoms with van der Waals surface area (Å²) in [4.78, 5) is 24.1. The first-order valence-corrected chi connectivity index (χ1v) is 6.22. The van der Waals surface area contributed by atoms with E-state index in [9.17, 15) is 9.59 Å². The molecule has 0 aliphatic carbocycles. The Bertz CT molecular complexity index is 327. The third-order valence-corrected chi connectivity index (χ3v) is 4.62. The number of hydrogen-bond acceptors (Lipinski definition) is 4. The van der Waals surface area contributed by atoms with Gasteiger partial charge in [-0.1, -0.05) is 18.7 Å². The maximum atomic E-state index is 11.5. The van der Waals surface area contributed by atoms with E-state index < -0.39 is 0 Å². The second-order valence-corrected chi connectivity index (χ2v) is 5.95. The highest BCUT2D eigenvalue weighted by molar-refractivity contribution is 8.29. The molecule has 5 heteroatoms. The molecule has 2 rings (SSSR count). The predicted molar refractivity (Wildman–Crippen MR) is 58.4 cm³/mol. The SMILES string of the molecule is CCC1C(=O)N2C=C(SC(C)=O)SC12. The monoisotopic (exact) mass is 229 g/mol. The van der Waals surface area contributed by atoms with Crippen LogP contribution in [0.1, 0.15) is 20.3 Å². The fourth-order valence-corrected chi connectivity index (χ4v) is 4.11. The Morgan fingerprint density at radius 3 is 3.00 bits per heavy atom. The lowest BCUT2D eigenvalue weighted by Gasteiger charge is -2.40. The van der Waals surface area contributed by atoms with Crippen molar-refractivity contribution < 1.29 is 9.59 Å². The number of amides is 1. The standard InChI is InChI=1S/C9H11NO2S2/c1-3-6-8(12)10-4-7(13-5(2)11)14-9(6)10/h4,6,9H,3H2,1-2H3. The fraction of sp³-hybridized carbons (Fsp3) is 0.556. The Morgan fingerprint density at radius 2 is 2.43 bits per heavy atom. The Kier molecular flexibility index (Phi) is 2.62. The minimum Gasteiger partial charge on any atom is -0.303 e. The molecule has 2 aliphatic heterocycles. The van der Waals surface area contributed by atoms with Crippen molar-refractivity contribution in [2.24, 2.45) is 5.92 Å². The van der Waals surface area contributed by atoms with Crippen LogP contribution in [-0.4, -0.2) is 21.3 Å². The first-order valence-electron chi connectivity index (χ1n) is 4.52. The average molecular weight is 229 g/mol. The molecule has 76 valence electrons. The van der Waals surface area contributed by atoms with Crippen LogP contribution in [-0.2, 0) is 9.59 Å². The Balaban J connectivity index is 2.03. The first-order chi connectivity index (χ1) is 6.63. The summed E-state index contributed by atoms with van der Waals surface area (Å²) in [6, 6.07) is 0. The third-order valence-electron chi connectivity index (χ3n) is 2.36. The van der Waals surface area contributed by atoms with Crippen LogP contribution in [0.3, 0.4) is 0 Å². The van der Waals surface area contributed by atoms with Gasteiger partial charge in [-0.05, 0) is 18.2 Å². The number of carbonyl (C=O) groups is 2. The van der Waals surface area contributed by atoms with E-state index in [0.717, 1.165) is 10.7 Å². The van der Waals surface area contributed by atoms with Crippen molar-refractivity contribution in [2.45, 2.75) is 25.6 Å². The molecule has 2 unspecified atom stereocenters. The molecule has 1 fully saturated rings. The second kappa shape index (κ2) is 3.62. The number of β-lactam (4-membered cyclic amide) rings is 1. The van der Waals surface area contributed by atoms with Gasteiger partial charge in [-0.15, -0.1) is 0 Å². The van der Waals surface area contributed by atoms with E-state index in [-0.39, 0.29) is 22.3 Å². The van der Waals surface area contributed by atoms with Crippen LogP contribution in [0.15, 0.2) is 10.4 Å². The van der Waals surface area contributed by atoms with Gasteiger partial charge in [0.2, 0.25) is 5.91 Å². The normalized spacial score (nSPS) is 29.7. The minimum absolute atomic E-state index is 0.0757. The number of nitrogens with zero attached hydrogens (tertiary/aromatic N) is 1. The molecule has 0 N–H and O–H groups in total. The molecule has 0 aromatic heterocycles. The fourth-order valence-electron chi connectivity index (χ4n) is 1.66. The molecule has 0 aromatic rings. The molecular formula is C9H11NO2S2. The number of carbonyl (C=O) groups excluding carboxylic acids is 2. The lowest BCUT2D eigenvalue weighted by atomic mass is 9.96. The molecule has 0 aromatic carbocycles. The lowest BCUT2D eigenvalue weighted by molar-refractivity contribution is -0.145. The van der Waals surface area contributed by atoms with Crippen molar-refractivity contribution in [1.82, 2.24) is 4.90 Å². The van der Waals surface area contributed by atoms with Gasteiger partial charge in [0.15, 0.2) is 5.12 Å². The predicted octanol–water partition coefficient (Wildman–Crippen LogP) is 2.01. The van der Waals surface area contributed by atoms with Gasteiger partial charge in [0.05, 0.1) is 15.5 Å². The van der Waals surface area contributed by atoms with Gasteiger partial charge in [-0.25, -0.2) is 0 Å². The van der Waals surface area contributed by atoms with Gasteiger partial charge in [-0.3, -0.25) is 9.59 Å². The van der Waals surface area contributed by atoms with Gasteiger partial charge in [0, 0.05) is 13.1 Å². The van der Waals surface area contributed by atoms with E-state index >= 15 is 0 Å². The highest BCUT2D eigenvalue weighted by Crippen LogP contribution is 2.49. The van der Waals surface area contributed by atoms with Crippen molar-refractivity contribution in [3.8, 4) is 0 Å². The van der Waals surface area contributed by atoms with E-state index in [4.69, 9.17) is 0 Å². The van der Waals surface area contributed by atoms with E-state index in [1.807, 2.05) is 6.92 Å². The average Bonchev–Trinajstić information content (AvgIpc) is 2.45. The topological polar surface area (TPSA) is 37.4 Å². The number of hydrogen-bond donors (Lipinski definition) is 0. The van der Waals surface area contributed by atoms with E-state index in [2.05, 4.69) is 0 Å². The van der Waals surface area contributed by atoms with Crippen LogP contribution in [0.25, 0.3) is 0 Å². The Labute approximate surface area is 91.3 Å². The Morgan fingerprint density at radius 1 is 1.71 bits per heavy atom.